The summed E-state index contributed by atoms with van der Waals surface area (Å²) in [5.41, 5.74) is 2.39. The molecule has 4 heteroatoms. The fourth-order valence-electron chi connectivity index (χ4n) is 2.88. The first-order valence-electron chi connectivity index (χ1n) is 8.86. The van der Waals surface area contributed by atoms with Gasteiger partial charge < -0.3 is 20.1 Å². The molecule has 0 aliphatic rings. The van der Waals surface area contributed by atoms with Crippen LogP contribution in [0.2, 0.25) is 0 Å². The Hall–Kier alpha value is -2.30. The summed E-state index contributed by atoms with van der Waals surface area (Å²) in [6.07, 6.45) is 3.39. The highest BCUT2D eigenvalue weighted by Gasteiger charge is 2.10. The largest absolute Gasteiger partial charge is 0.489 e. The van der Waals surface area contributed by atoms with Gasteiger partial charge in [0.1, 0.15) is 18.5 Å². The van der Waals surface area contributed by atoms with E-state index in [2.05, 4.69) is 41.5 Å². The number of hydrogen-bond acceptors (Lipinski definition) is 3. The molecule has 2 atom stereocenters. The Bertz CT molecular complexity index is 770. The molecule has 0 aliphatic carbocycles. The van der Waals surface area contributed by atoms with Crippen LogP contribution in [0.25, 0.3) is 10.9 Å². The van der Waals surface area contributed by atoms with E-state index < -0.39 is 6.10 Å². The molecule has 25 heavy (non-hydrogen) atoms. The Kier molecular flexibility index (Phi) is 6.09. The lowest BCUT2D eigenvalue weighted by Crippen LogP contribution is -2.36. The predicted octanol–water partition coefficient (Wildman–Crippen LogP) is 3.52. The SMILES string of the molecule is CC(CCc1ccccc1)NCC(O)COc1c[nH]c2ccccc12. The second kappa shape index (κ2) is 8.70. The number of aryl methyl sites for hydroxylation is 1. The molecule has 0 saturated carbocycles. The first-order chi connectivity index (χ1) is 12.2. The maximum atomic E-state index is 10.2. The molecule has 3 rings (SSSR count). The molecule has 1 heterocycles. The zero-order valence-corrected chi connectivity index (χ0v) is 14.6. The molecule has 3 aromatic rings. The smallest absolute Gasteiger partial charge is 0.144 e. The van der Waals surface area contributed by atoms with Crippen LogP contribution in [-0.4, -0.2) is 35.4 Å². The van der Waals surface area contributed by atoms with Gasteiger partial charge in [-0.05, 0) is 37.5 Å². The lowest BCUT2D eigenvalue weighted by molar-refractivity contribution is 0.104. The monoisotopic (exact) mass is 338 g/mol. The van der Waals surface area contributed by atoms with Gasteiger partial charge in [0.2, 0.25) is 0 Å². The number of H-pyrrole nitrogens is 1. The van der Waals surface area contributed by atoms with Crippen LogP contribution < -0.4 is 10.1 Å². The summed E-state index contributed by atoms with van der Waals surface area (Å²) in [4.78, 5) is 3.17. The Labute approximate surface area is 148 Å². The van der Waals surface area contributed by atoms with E-state index in [1.54, 1.807) is 0 Å². The third kappa shape index (κ3) is 5.08. The van der Waals surface area contributed by atoms with Crippen molar-refractivity contribution in [3.8, 4) is 5.75 Å². The van der Waals surface area contributed by atoms with Crippen LogP contribution in [0.4, 0.5) is 0 Å². The summed E-state index contributed by atoms with van der Waals surface area (Å²) >= 11 is 0. The minimum atomic E-state index is -0.534. The van der Waals surface area contributed by atoms with E-state index in [-0.39, 0.29) is 6.61 Å². The fraction of sp³-hybridized carbons (Fsp3) is 0.333. The molecular weight excluding hydrogens is 312 g/mol. The van der Waals surface area contributed by atoms with Crippen LogP contribution in [-0.2, 0) is 6.42 Å². The molecule has 0 bridgehead atoms. The lowest BCUT2D eigenvalue weighted by atomic mass is 10.1. The van der Waals surface area contributed by atoms with Crippen molar-refractivity contribution < 1.29 is 9.84 Å². The minimum absolute atomic E-state index is 0.278. The van der Waals surface area contributed by atoms with Gasteiger partial charge in [-0.15, -0.1) is 0 Å². The standard InChI is InChI=1S/C21H26N2O2/c1-16(11-12-17-7-3-2-4-8-17)22-13-18(24)15-25-21-14-23-20-10-6-5-9-19(20)21/h2-10,14,16,18,22-24H,11-13,15H2,1H3. The third-order valence-corrected chi connectivity index (χ3v) is 4.39. The van der Waals surface area contributed by atoms with Crippen LogP contribution in [0.5, 0.6) is 5.75 Å². The van der Waals surface area contributed by atoms with E-state index >= 15 is 0 Å². The highest BCUT2D eigenvalue weighted by Crippen LogP contribution is 2.24. The van der Waals surface area contributed by atoms with Gasteiger partial charge in [0.15, 0.2) is 0 Å². The number of aromatic amines is 1. The first kappa shape index (κ1) is 17.5. The van der Waals surface area contributed by atoms with Crippen LogP contribution in [0.1, 0.15) is 18.9 Å². The van der Waals surface area contributed by atoms with Gasteiger partial charge in [-0.1, -0.05) is 42.5 Å². The first-order valence-corrected chi connectivity index (χ1v) is 8.86. The van der Waals surface area contributed by atoms with Crippen LogP contribution in [0.3, 0.4) is 0 Å². The molecule has 2 aromatic carbocycles. The number of ether oxygens (including phenoxy) is 1. The molecule has 0 radical (unpaired) electrons. The summed E-state index contributed by atoms with van der Waals surface area (Å²) in [7, 11) is 0. The number of para-hydroxylation sites is 1. The molecule has 132 valence electrons. The molecule has 0 fully saturated rings. The van der Waals surface area contributed by atoms with Crippen molar-refractivity contribution in [3.63, 3.8) is 0 Å². The maximum Gasteiger partial charge on any atom is 0.144 e. The van der Waals surface area contributed by atoms with Crippen molar-refractivity contribution in [2.45, 2.75) is 31.9 Å². The third-order valence-electron chi connectivity index (χ3n) is 4.39. The minimum Gasteiger partial charge on any atom is -0.489 e. The number of benzene rings is 2. The lowest BCUT2D eigenvalue weighted by Gasteiger charge is -2.17. The van der Waals surface area contributed by atoms with Gasteiger partial charge in [0, 0.05) is 29.7 Å². The second-order valence-corrected chi connectivity index (χ2v) is 6.50. The van der Waals surface area contributed by atoms with E-state index in [0.29, 0.717) is 12.6 Å². The number of aliphatic hydroxyl groups excluding tert-OH is 1. The zero-order valence-electron chi connectivity index (χ0n) is 14.6. The van der Waals surface area contributed by atoms with E-state index in [4.69, 9.17) is 4.74 Å². The quantitative estimate of drug-likeness (QED) is 0.559. The Balaban J connectivity index is 1.38. The van der Waals surface area contributed by atoms with Gasteiger partial charge >= 0.3 is 0 Å². The molecule has 4 nitrogen and oxygen atoms in total. The van der Waals surface area contributed by atoms with E-state index in [9.17, 15) is 5.11 Å². The molecule has 1 aromatic heterocycles. The molecule has 0 amide bonds. The maximum absolute atomic E-state index is 10.2. The average Bonchev–Trinajstić information content (AvgIpc) is 3.07. The zero-order chi connectivity index (χ0) is 17.5. The summed E-state index contributed by atoms with van der Waals surface area (Å²) in [6.45, 7) is 2.95. The van der Waals surface area contributed by atoms with Crippen LogP contribution in [0, 0.1) is 0 Å². The van der Waals surface area contributed by atoms with Crippen molar-refractivity contribution in [2.24, 2.45) is 0 Å². The van der Waals surface area contributed by atoms with Crippen molar-refractivity contribution in [1.82, 2.24) is 10.3 Å². The Morgan fingerprint density at radius 2 is 1.84 bits per heavy atom. The van der Waals surface area contributed by atoms with Gasteiger partial charge in [-0.25, -0.2) is 0 Å². The summed E-state index contributed by atoms with van der Waals surface area (Å²) in [6, 6.07) is 18.8. The number of hydrogen-bond donors (Lipinski definition) is 3. The Morgan fingerprint density at radius 1 is 1.08 bits per heavy atom. The number of nitrogens with one attached hydrogen (secondary N) is 2. The van der Waals surface area contributed by atoms with Gasteiger partial charge in [-0.3, -0.25) is 0 Å². The average molecular weight is 338 g/mol. The fourth-order valence-corrected chi connectivity index (χ4v) is 2.88. The number of rotatable bonds is 9. The van der Waals surface area contributed by atoms with Crippen molar-refractivity contribution >= 4 is 10.9 Å². The Morgan fingerprint density at radius 3 is 2.68 bits per heavy atom. The number of aromatic nitrogens is 1. The molecule has 0 aliphatic heterocycles. The van der Waals surface area contributed by atoms with E-state index in [1.807, 2.05) is 36.5 Å². The predicted molar refractivity (Wildman–Crippen MR) is 102 cm³/mol. The van der Waals surface area contributed by atoms with Crippen molar-refractivity contribution in [3.05, 3.63) is 66.4 Å². The summed E-state index contributed by atoms with van der Waals surface area (Å²) < 4.78 is 5.76. The van der Waals surface area contributed by atoms with Crippen molar-refractivity contribution in [1.29, 1.82) is 0 Å². The van der Waals surface area contributed by atoms with Crippen molar-refractivity contribution in [2.75, 3.05) is 13.2 Å². The van der Waals surface area contributed by atoms with Gasteiger partial charge in [-0.2, -0.15) is 0 Å². The van der Waals surface area contributed by atoms with Crippen LogP contribution in [0.15, 0.2) is 60.8 Å². The second-order valence-electron chi connectivity index (χ2n) is 6.50. The molecule has 0 saturated heterocycles. The van der Waals surface area contributed by atoms with Gasteiger partial charge in [0.25, 0.3) is 0 Å². The highest BCUT2D eigenvalue weighted by atomic mass is 16.5. The van der Waals surface area contributed by atoms with E-state index in [1.165, 1.54) is 5.56 Å². The van der Waals surface area contributed by atoms with Gasteiger partial charge in [0.05, 0.1) is 0 Å². The van der Waals surface area contributed by atoms with Crippen LogP contribution >= 0.6 is 0 Å². The summed E-state index contributed by atoms with van der Waals surface area (Å²) in [5, 5.41) is 14.6. The summed E-state index contributed by atoms with van der Waals surface area (Å²) in [5.74, 6) is 0.784. The molecule has 0 spiro atoms. The highest BCUT2D eigenvalue weighted by molar-refractivity contribution is 5.85. The molecule has 3 N–H and O–H groups in total. The number of fused-ring (bicyclic) bond motifs is 1. The molecule has 2 unspecified atom stereocenters. The van der Waals surface area contributed by atoms with E-state index in [0.717, 1.165) is 29.5 Å². The normalized spacial score (nSPS) is 13.7. The topological polar surface area (TPSA) is 57.3 Å². The molecular formula is C21H26N2O2. The number of aliphatic hydroxyl groups is 1.